The van der Waals surface area contributed by atoms with E-state index in [2.05, 4.69) is 19.2 Å². The first-order valence-corrected chi connectivity index (χ1v) is 6.51. The molecule has 0 saturated carbocycles. The van der Waals surface area contributed by atoms with Crippen LogP contribution in [-0.4, -0.2) is 33.2 Å². The highest BCUT2D eigenvalue weighted by molar-refractivity contribution is 6.30. The van der Waals surface area contributed by atoms with E-state index in [-0.39, 0.29) is 0 Å². The third-order valence-electron chi connectivity index (χ3n) is 3.41. The summed E-state index contributed by atoms with van der Waals surface area (Å²) in [5.41, 5.74) is 1.40. The highest BCUT2D eigenvalue weighted by Gasteiger charge is 2.17. The topological polar surface area (TPSA) is 8.88 Å². The molecule has 2 unspecified atom stereocenters. The fraction of sp³-hybridized carbons (Fsp3) is 0.538. The molecule has 1 heterocycles. The second-order valence-corrected chi connectivity index (χ2v) is 5.30. The number of halogens is 1. The minimum absolute atomic E-state index is 0.832. The molecule has 0 aliphatic carbocycles. The van der Waals surface area contributed by atoms with E-state index in [1.54, 1.807) is 9.80 Å². The third-order valence-corrected chi connectivity index (χ3v) is 3.66. The average molecular weight is 241 g/mol. The van der Waals surface area contributed by atoms with Gasteiger partial charge >= 0.3 is 0 Å². The van der Waals surface area contributed by atoms with Crippen molar-refractivity contribution in [2.45, 2.75) is 13.0 Å². The Kier molecular flexibility index (Phi) is 4.22. The molecule has 0 amide bonds. The van der Waals surface area contributed by atoms with E-state index in [0.717, 1.165) is 11.6 Å². The molecular formula is C13H21ClN2+2. The Bertz CT molecular complexity index is 323. The van der Waals surface area contributed by atoms with Gasteiger partial charge in [-0.2, -0.15) is 0 Å². The van der Waals surface area contributed by atoms with Crippen molar-refractivity contribution < 1.29 is 9.80 Å². The van der Waals surface area contributed by atoms with Crippen molar-refractivity contribution in [2.24, 2.45) is 0 Å². The van der Waals surface area contributed by atoms with Gasteiger partial charge in [0, 0.05) is 17.0 Å². The van der Waals surface area contributed by atoms with Gasteiger partial charge in [-0.15, -0.1) is 0 Å². The number of benzene rings is 1. The number of quaternary nitrogens is 2. The molecule has 0 bridgehead atoms. The molecule has 88 valence electrons. The van der Waals surface area contributed by atoms with Crippen molar-refractivity contribution in [2.75, 3.05) is 33.2 Å². The van der Waals surface area contributed by atoms with Crippen LogP contribution in [0.4, 0.5) is 0 Å². The summed E-state index contributed by atoms with van der Waals surface area (Å²) in [4.78, 5) is 3.38. The van der Waals surface area contributed by atoms with E-state index < -0.39 is 0 Å². The first kappa shape index (κ1) is 11.9. The number of likely N-dealkylation sites (N-methyl/N-ethyl adjacent to an activating group) is 1. The summed E-state index contributed by atoms with van der Waals surface area (Å²) in [5, 5.41) is 0.832. The van der Waals surface area contributed by atoms with Gasteiger partial charge in [0.1, 0.15) is 19.6 Å². The van der Waals surface area contributed by atoms with E-state index in [4.69, 9.17) is 11.6 Å². The summed E-state index contributed by atoms with van der Waals surface area (Å²) in [6.07, 6.45) is 1.34. The fourth-order valence-corrected chi connectivity index (χ4v) is 2.47. The first-order chi connectivity index (χ1) is 7.74. The van der Waals surface area contributed by atoms with Crippen molar-refractivity contribution in [3.8, 4) is 0 Å². The summed E-state index contributed by atoms with van der Waals surface area (Å²) in [6.45, 7) is 6.35. The SMILES string of the molecule is C[NH+]1CCC[NH+](Cc2ccc(Cl)cc2)CC1. The van der Waals surface area contributed by atoms with E-state index in [0.29, 0.717) is 0 Å². The minimum atomic E-state index is 0.832. The number of rotatable bonds is 2. The lowest BCUT2D eigenvalue weighted by atomic mass is 10.2. The average Bonchev–Trinajstić information content (AvgIpc) is 2.47. The Morgan fingerprint density at radius 3 is 2.56 bits per heavy atom. The molecule has 1 aliphatic rings. The van der Waals surface area contributed by atoms with Crippen LogP contribution in [0.15, 0.2) is 24.3 Å². The van der Waals surface area contributed by atoms with E-state index in [1.165, 1.54) is 38.2 Å². The molecule has 1 aromatic carbocycles. The van der Waals surface area contributed by atoms with Crippen molar-refractivity contribution in [3.05, 3.63) is 34.9 Å². The predicted molar refractivity (Wildman–Crippen MR) is 67.1 cm³/mol. The molecule has 2 N–H and O–H groups in total. The lowest BCUT2D eigenvalue weighted by Gasteiger charge is -2.16. The number of hydrogen-bond donors (Lipinski definition) is 2. The number of nitrogens with one attached hydrogen (secondary N) is 2. The summed E-state index contributed by atoms with van der Waals surface area (Å²) in [7, 11) is 2.30. The summed E-state index contributed by atoms with van der Waals surface area (Å²) < 4.78 is 0. The van der Waals surface area contributed by atoms with Crippen LogP contribution in [0.1, 0.15) is 12.0 Å². The maximum atomic E-state index is 5.89. The molecule has 0 spiro atoms. The largest absolute Gasteiger partial charge is 0.333 e. The Hall–Kier alpha value is -0.570. The monoisotopic (exact) mass is 240 g/mol. The quantitative estimate of drug-likeness (QED) is 0.699. The molecule has 1 aliphatic heterocycles. The molecule has 2 nitrogen and oxygen atoms in total. The Labute approximate surface area is 103 Å². The van der Waals surface area contributed by atoms with Crippen LogP contribution in [-0.2, 0) is 6.54 Å². The second kappa shape index (κ2) is 5.67. The Morgan fingerprint density at radius 1 is 1.06 bits per heavy atom. The molecule has 1 fully saturated rings. The van der Waals surface area contributed by atoms with Gasteiger partial charge in [-0.05, 0) is 12.1 Å². The fourth-order valence-electron chi connectivity index (χ4n) is 2.35. The van der Waals surface area contributed by atoms with Gasteiger partial charge < -0.3 is 9.80 Å². The van der Waals surface area contributed by atoms with Gasteiger partial charge in [0.2, 0.25) is 0 Å². The second-order valence-electron chi connectivity index (χ2n) is 4.86. The minimum Gasteiger partial charge on any atom is -0.333 e. The Morgan fingerprint density at radius 2 is 1.81 bits per heavy atom. The highest BCUT2D eigenvalue weighted by atomic mass is 35.5. The summed E-state index contributed by atoms with van der Waals surface area (Å²) in [6, 6.07) is 8.28. The summed E-state index contributed by atoms with van der Waals surface area (Å²) >= 11 is 5.89. The zero-order valence-electron chi connectivity index (χ0n) is 9.93. The zero-order valence-corrected chi connectivity index (χ0v) is 10.7. The Balaban J connectivity index is 1.91. The van der Waals surface area contributed by atoms with Gasteiger partial charge in [0.25, 0.3) is 0 Å². The maximum Gasteiger partial charge on any atom is 0.127 e. The first-order valence-electron chi connectivity index (χ1n) is 6.13. The third kappa shape index (κ3) is 3.48. The van der Waals surface area contributed by atoms with Crippen LogP contribution in [0.5, 0.6) is 0 Å². The molecular weight excluding hydrogens is 220 g/mol. The lowest BCUT2D eigenvalue weighted by Crippen LogP contribution is -3.15. The highest BCUT2D eigenvalue weighted by Crippen LogP contribution is 2.08. The van der Waals surface area contributed by atoms with Crippen LogP contribution in [0.25, 0.3) is 0 Å². The smallest absolute Gasteiger partial charge is 0.127 e. The molecule has 2 atom stereocenters. The van der Waals surface area contributed by atoms with Gasteiger partial charge in [0.05, 0.1) is 20.1 Å². The normalized spacial score (nSPS) is 26.4. The van der Waals surface area contributed by atoms with E-state index >= 15 is 0 Å². The molecule has 3 heteroatoms. The van der Waals surface area contributed by atoms with Crippen molar-refractivity contribution in [1.82, 2.24) is 0 Å². The van der Waals surface area contributed by atoms with Crippen molar-refractivity contribution in [3.63, 3.8) is 0 Å². The number of hydrogen-bond acceptors (Lipinski definition) is 0. The molecule has 0 radical (unpaired) electrons. The van der Waals surface area contributed by atoms with Crippen LogP contribution in [0, 0.1) is 0 Å². The van der Waals surface area contributed by atoms with E-state index in [1.807, 2.05) is 12.1 Å². The standard InChI is InChI=1S/C13H19ClN2/c1-15-7-2-8-16(10-9-15)11-12-3-5-13(14)6-4-12/h3-6H,2,7-11H2,1H3/p+2. The maximum absolute atomic E-state index is 5.89. The van der Waals surface area contributed by atoms with E-state index in [9.17, 15) is 0 Å². The zero-order chi connectivity index (χ0) is 11.4. The molecule has 1 aromatic rings. The summed E-state index contributed by atoms with van der Waals surface area (Å²) in [5.74, 6) is 0. The van der Waals surface area contributed by atoms with Crippen LogP contribution in [0.3, 0.4) is 0 Å². The van der Waals surface area contributed by atoms with Gasteiger partial charge in [-0.25, -0.2) is 0 Å². The molecule has 0 aromatic heterocycles. The van der Waals surface area contributed by atoms with Crippen molar-refractivity contribution in [1.29, 1.82) is 0 Å². The van der Waals surface area contributed by atoms with Crippen LogP contribution in [0.2, 0.25) is 5.02 Å². The van der Waals surface area contributed by atoms with Crippen molar-refractivity contribution >= 4 is 11.6 Å². The van der Waals surface area contributed by atoms with Gasteiger partial charge in [0.15, 0.2) is 0 Å². The lowest BCUT2D eigenvalue weighted by molar-refractivity contribution is -0.938. The van der Waals surface area contributed by atoms with Gasteiger partial charge in [-0.3, -0.25) is 0 Å². The predicted octanol–water partition coefficient (Wildman–Crippen LogP) is -0.357. The van der Waals surface area contributed by atoms with Crippen LogP contribution < -0.4 is 9.80 Å². The molecule has 2 rings (SSSR count). The molecule has 1 saturated heterocycles. The van der Waals surface area contributed by atoms with Gasteiger partial charge in [-0.1, -0.05) is 23.7 Å². The van der Waals surface area contributed by atoms with Crippen LogP contribution >= 0.6 is 11.6 Å². The molecule has 16 heavy (non-hydrogen) atoms.